The quantitative estimate of drug-likeness (QED) is 0.484. The largest absolute Gasteiger partial charge is 0.322 e. The number of tetrazole rings is 1. The Morgan fingerprint density at radius 2 is 2.18 bits per heavy atom. The molecule has 0 saturated heterocycles. The Morgan fingerprint density at radius 3 is 2.86 bits per heavy atom. The molecule has 0 atom stereocenters. The molecule has 0 aliphatic carbocycles. The first-order valence-electron chi connectivity index (χ1n) is 6.83. The first kappa shape index (κ1) is 15.4. The minimum atomic E-state index is -0.209. The predicted octanol–water partition coefficient (Wildman–Crippen LogP) is 2.43. The molecule has 1 N–H and O–H groups in total. The lowest BCUT2D eigenvalue weighted by Crippen LogP contribution is -2.22. The maximum Gasteiger partial charge on any atom is 0.255 e. The molecule has 112 valence electrons. The Labute approximate surface area is 128 Å². The number of nitrogens with one attached hydrogen (secondary N) is 1. The van der Waals surface area contributed by atoms with E-state index in [0.29, 0.717) is 16.9 Å². The third kappa shape index (κ3) is 3.99. The van der Waals surface area contributed by atoms with Crippen molar-refractivity contribution >= 4 is 5.91 Å². The average Bonchev–Trinajstić information content (AvgIpc) is 3.08. The maximum absolute atomic E-state index is 12.3. The van der Waals surface area contributed by atoms with Crippen LogP contribution in [0.1, 0.15) is 23.2 Å². The van der Waals surface area contributed by atoms with Gasteiger partial charge in [-0.15, -0.1) is 11.7 Å². The smallest absolute Gasteiger partial charge is 0.255 e. The number of allylic oxidation sites excluding steroid dienone is 3. The summed E-state index contributed by atoms with van der Waals surface area (Å²) < 4.78 is 1.49. The van der Waals surface area contributed by atoms with Gasteiger partial charge in [0.15, 0.2) is 0 Å². The molecule has 1 aromatic carbocycles. The molecule has 22 heavy (non-hydrogen) atoms. The summed E-state index contributed by atoms with van der Waals surface area (Å²) in [5.41, 5.74) is 1.91. The fraction of sp³-hybridized carbons (Fsp3) is 0.125. The van der Waals surface area contributed by atoms with Gasteiger partial charge < -0.3 is 5.32 Å². The Kier molecular flexibility index (Phi) is 5.37. The topological polar surface area (TPSA) is 72.7 Å². The van der Waals surface area contributed by atoms with Gasteiger partial charge in [-0.25, -0.2) is 4.68 Å². The second kappa shape index (κ2) is 7.68. The van der Waals surface area contributed by atoms with Crippen molar-refractivity contribution < 1.29 is 4.79 Å². The zero-order valence-corrected chi connectivity index (χ0v) is 12.1. The molecule has 2 rings (SSSR count). The van der Waals surface area contributed by atoms with Crippen LogP contribution in [0.25, 0.3) is 5.69 Å². The summed E-state index contributed by atoms with van der Waals surface area (Å²) in [6.45, 7) is 7.37. The van der Waals surface area contributed by atoms with E-state index in [9.17, 15) is 4.79 Å². The van der Waals surface area contributed by atoms with Crippen molar-refractivity contribution in [3.05, 3.63) is 73.2 Å². The van der Waals surface area contributed by atoms with Crippen molar-refractivity contribution in [2.45, 2.75) is 12.8 Å². The van der Waals surface area contributed by atoms with E-state index >= 15 is 0 Å². The zero-order chi connectivity index (χ0) is 15.8. The van der Waals surface area contributed by atoms with Gasteiger partial charge >= 0.3 is 0 Å². The fourth-order valence-electron chi connectivity index (χ4n) is 1.81. The molecule has 0 radical (unpaired) electrons. The molecule has 0 aliphatic rings. The van der Waals surface area contributed by atoms with Gasteiger partial charge in [-0.3, -0.25) is 4.79 Å². The van der Waals surface area contributed by atoms with E-state index < -0.39 is 0 Å². The van der Waals surface area contributed by atoms with Crippen LogP contribution in [0.5, 0.6) is 0 Å². The van der Waals surface area contributed by atoms with Gasteiger partial charge in [-0.2, -0.15) is 0 Å². The Hall–Kier alpha value is -3.02. The minimum absolute atomic E-state index is 0.209. The second-order valence-electron chi connectivity index (χ2n) is 4.49. The van der Waals surface area contributed by atoms with E-state index in [1.165, 1.54) is 11.0 Å². The summed E-state index contributed by atoms with van der Waals surface area (Å²) >= 11 is 0. The van der Waals surface area contributed by atoms with E-state index in [-0.39, 0.29) is 5.91 Å². The molecule has 0 fully saturated rings. The normalized spacial score (nSPS) is 11.0. The van der Waals surface area contributed by atoms with E-state index in [1.807, 2.05) is 18.2 Å². The number of hydrogen-bond acceptors (Lipinski definition) is 4. The van der Waals surface area contributed by atoms with Crippen molar-refractivity contribution in [3.63, 3.8) is 0 Å². The third-order valence-corrected chi connectivity index (χ3v) is 2.93. The number of aromatic nitrogens is 4. The monoisotopic (exact) mass is 295 g/mol. The molecular formula is C16H17N5O. The van der Waals surface area contributed by atoms with Crippen LogP contribution in [0.3, 0.4) is 0 Å². The van der Waals surface area contributed by atoms with Crippen LogP contribution in [0, 0.1) is 0 Å². The van der Waals surface area contributed by atoms with Crippen LogP contribution in [-0.4, -0.2) is 26.1 Å². The number of benzene rings is 1. The summed E-state index contributed by atoms with van der Waals surface area (Å²) in [7, 11) is 0. The van der Waals surface area contributed by atoms with Crippen molar-refractivity contribution in [2.75, 3.05) is 0 Å². The highest BCUT2D eigenvalue weighted by Crippen LogP contribution is 2.09. The predicted molar refractivity (Wildman–Crippen MR) is 84.3 cm³/mol. The number of carbonyl (C=O) groups excluding carboxylic acids is 1. The highest BCUT2D eigenvalue weighted by Gasteiger charge is 2.08. The van der Waals surface area contributed by atoms with Crippen LogP contribution in [0.15, 0.2) is 67.7 Å². The number of carbonyl (C=O) groups is 1. The Morgan fingerprint density at radius 1 is 1.32 bits per heavy atom. The van der Waals surface area contributed by atoms with Crippen molar-refractivity contribution in [1.82, 2.24) is 25.5 Å². The van der Waals surface area contributed by atoms with Gasteiger partial charge in [-0.1, -0.05) is 24.8 Å². The molecule has 6 heteroatoms. The van der Waals surface area contributed by atoms with Crippen LogP contribution in [0.2, 0.25) is 0 Å². The molecule has 0 bridgehead atoms. The number of unbranched alkanes of at least 4 members (excludes halogenated alkanes) is 1. The van der Waals surface area contributed by atoms with E-state index in [0.717, 1.165) is 12.8 Å². The van der Waals surface area contributed by atoms with Crippen molar-refractivity contribution in [2.24, 2.45) is 0 Å². The summed E-state index contributed by atoms with van der Waals surface area (Å²) in [6.07, 6.45) is 8.48. The maximum atomic E-state index is 12.3. The summed E-state index contributed by atoms with van der Waals surface area (Å²) in [5, 5.41) is 13.8. The SMILES string of the molecule is C=CCC/C=C(\C=C)NC(=O)c1cccc(-n2cnnn2)c1. The number of rotatable bonds is 7. The number of amides is 1. The molecule has 1 heterocycles. The molecular weight excluding hydrogens is 278 g/mol. The highest BCUT2D eigenvalue weighted by molar-refractivity contribution is 5.96. The lowest BCUT2D eigenvalue weighted by molar-refractivity contribution is 0.0967. The fourth-order valence-corrected chi connectivity index (χ4v) is 1.81. The van der Waals surface area contributed by atoms with Gasteiger partial charge in [0, 0.05) is 11.3 Å². The summed E-state index contributed by atoms with van der Waals surface area (Å²) in [4.78, 5) is 12.3. The van der Waals surface area contributed by atoms with Gasteiger partial charge in [0.1, 0.15) is 6.33 Å². The Bertz CT molecular complexity index is 688. The molecule has 0 spiro atoms. The second-order valence-corrected chi connectivity index (χ2v) is 4.49. The van der Waals surface area contributed by atoms with E-state index in [4.69, 9.17) is 0 Å². The number of hydrogen-bond donors (Lipinski definition) is 1. The van der Waals surface area contributed by atoms with Gasteiger partial charge in [-0.05, 0) is 47.5 Å². The standard InChI is InChI=1S/C16H17N5O/c1-3-5-6-9-14(4-2)18-16(22)13-8-7-10-15(11-13)21-12-17-19-20-21/h3-4,7-12H,1-2,5-6H2,(H,18,22)/b14-9+. The molecule has 0 saturated carbocycles. The average molecular weight is 295 g/mol. The molecule has 1 aromatic heterocycles. The first-order valence-corrected chi connectivity index (χ1v) is 6.83. The summed E-state index contributed by atoms with van der Waals surface area (Å²) in [5.74, 6) is -0.209. The van der Waals surface area contributed by atoms with Crippen molar-refractivity contribution in [1.29, 1.82) is 0 Å². The number of nitrogens with zero attached hydrogens (tertiary/aromatic N) is 4. The van der Waals surface area contributed by atoms with E-state index in [1.54, 1.807) is 24.3 Å². The third-order valence-electron chi connectivity index (χ3n) is 2.93. The first-order chi connectivity index (χ1) is 10.7. The lowest BCUT2D eigenvalue weighted by Gasteiger charge is -2.07. The van der Waals surface area contributed by atoms with Crippen LogP contribution in [-0.2, 0) is 0 Å². The molecule has 2 aromatic rings. The van der Waals surface area contributed by atoms with Crippen LogP contribution >= 0.6 is 0 Å². The van der Waals surface area contributed by atoms with Gasteiger partial charge in [0.25, 0.3) is 5.91 Å². The summed E-state index contributed by atoms with van der Waals surface area (Å²) in [6, 6.07) is 7.05. The van der Waals surface area contributed by atoms with Crippen LogP contribution in [0.4, 0.5) is 0 Å². The highest BCUT2D eigenvalue weighted by atomic mass is 16.1. The zero-order valence-electron chi connectivity index (χ0n) is 12.1. The van der Waals surface area contributed by atoms with Gasteiger partial charge in [0.05, 0.1) is 5.69 Å². The molecule has 0 unspecified atom stereocenters. The van der Waals surface area contributed by atoms with Crippen molar-refractivity contribution in [3.8, 4) is 5.69 Å². The lowest BCUT2D eigenvalue weighted by atomic mass is 10.1. The minimum Gasteiger partial charge on any atom is -0.322 e. The van der Waals surface area contributed by atoms with Crippen LogP contribution < -0.4 is 5.32 Å². The Balaban J connectivity index is 2.12. The molecule has 0 aliphatic heterocycles. The molecule has 1 amide bonds. The van der Waals surface area contributed by atoms with Gasteiger partial charge in [0.2, 0.25) is 0 Å². The molecule has 6 nitrogen and oxygen atoms in total. The van der Waals surface area contributed by atoms with E-state index in [2.05, 4.69) is 34.0 Å².